The molecule has 0 aliphatic heterocycles. The highest BCUT2D eigenvalue weighted by Gasteiger charge is 2.15. The summed E-state index contributed by atoms with van der Waals surface area (Å²) in [4.78, 5) is 11.7. The van der Waals surface area contributed by atoms with Crippen LogP contribution in [0.1, 0.15) is 23.0 Å². The minimum atomic E-state index is -0.337. The maximum Gasteiger partial charge on any atom is 0.341 e. The van der Waals surface area contributed by atoms with Gasteiger partial charge in [-0.3, -0.25) is 0 Å². The molecule has 0 spiro atoms. The molecule has 0 unspecified atom stereocenters. The van der Waals surface area contributed by atoms with Crippen LogP contribution in [0.2, 0.25) is 0 Å². The second-order valence-electron chi connectivity index (χ2n) is 3.76. The zero-order chi connectivity index (χ0) is 13.1. The third-order valence-corrected chi connectivity index (χ3v) is 3.05. The first-order valence-corrected chi connectivity index (χ1v) is 6.40. The predicted molar refractivity (Wildman–Crippen MR) is 72.0 cm³/mol. The Morgan fingerprint density at radius 1 is 1.50 bits per heavy atom. The average Bonchev–Trinajstić information content (AvgIpc) is 2.71. The van der Waals surface area contributed by atoms with Gasteiger partial charge in [-0.1, -0.05) is 22.0 Å². The van der Waals surface area contributed by atoms with Gasteiger partial charge in [0.2, 0.25) is 0 Å². The van der Waals surface area contributed by atoms with Crippen molar-refractivity contribution in [2.24, 2.45) is 0 Å². The standard InChI is InChI=1S/C13H13BrN2O2/c1-3-18-13(17)12-8-15-16(9(12)2)11-6-4-5-10(14)7-11/h4-8H,3H2,1-2H3. The molecule has 2 rings (SSSR count). The summed E-state index contributed by atoms with van der Waals surface area (Å²) < 4.78 is 7.66. The first kappa shape index (κ1) is 12.8. The molecule has 0 aliphatic rings. The number of rotatable bonds is 3. The molecule has 5 heteroatoms. The predicted octanol–water partition coefficient (Wildman–Crippen LogP) is 3.12. The minimum absolute atomic E-state index is 0.337. The molecule has 1 aromatic heterocycles. The van der Waals surface area contributed by atoms with E-state index in [-0.39, 0.29) is 5.97 Å². The SMILES string of the molecule is CCOC(=O)c1cnn(-c2cccc(Br)c2)c1C. The van der Waals surface area contributed by atoms with Gasteiger partial charge in [-0.05, 0) is 32.0 Å². The third kappa shape index (κ3) is 2.46. The van der Waals surface area contributed by atoms with Crippen molar-refractivity contribution in [3.05, 3.63) is 46.2 Å². The molecule has 4 nitrogen and oxygen atoms in total. The fourth-order valence-corrected chi connectivity index (χ4v) is 2.07. The molecule has 0 atom stereocenters. The van der Waals surface area contributed by atoms with Gasteiger partial charge in [0.05, 0.1) is 24.2 Å². The summed E-state index contributed by atoms with van der Waals surface area (Å²) in [7, 11) is 0. The fourth-order valence-electron chi connectivity index (χ4n) is 1.69. The maximum atomic E-state index is 11.7. The zero-order valence-electron chi connectivity index (χ0n) is 10.2. The van der Waals surface area contributed by atoms with E-state index in [1.54, 1.807) is 11.6 Å². The van der Waals surface area contributed by atoms with Crippen molar-refractivity contribution < 1.29 is 9.53 Å². The van der Waals surface area contributed by atoms with Crippen LogP contribution in [-0.4, -0.2) is 22.4 Å². The van der Waals surface area contributed by atoms with E-state index < -0.39 is 0 Å². The zero-order valence-corrected chi connectivity index (χ0v) is 11.8. The molecule has 18 heavy (non-hydrogen) atoms. The third-order valence-electron chi connectivity index (χ3n) is 2.56. The van der Waals surface area contributed by atoms with E-state index in [9.17, 15) is 4.79 Å². The van der Waals surface area contributed by atoms with Gasteiger partial charge < -0.3 is 4.74 Å². The quantitative estimate of drug-likeness (QED) is 0.818. The summed E-state index contributed by atoms with van der Waals surface area (Å²) >= 11 is 3.41. The molecule has 0 saturated heterocycles. The smallest absolute Gasteiger partial charge is 0.341 e. The topological polar surface area (TPSA) is 44.1 Å². The highest BCUT2D eigenvalue weighted by Crippen LogP contribution is 2.18. The Kier molecular flexibility index (Phi) is 3.81. The lowest BCUT2D eigenvalue weighted by Crippen LogP contribution is -2.06. The van der Waals surface area contributed by atoms with Gasteiger partial charge in [-0.15, -0.1) is 0 Å². The number of carbonyl (C=O) groups excluding carboxylic acids is 1. The average molecular weight is 309 g/mol. The molecule has 0 bridgehead atoms. The molecule has 0 N–H and O–H groups in total. The lowest BCUT2D eigenvalue weighted by molar-refractivity contribution is 0.0525. The van der Waals surface area contributed by atoms with Crippen LogP contribution in [0.25, 0.3) is 5.69 Å². The second kappa shape index (κ2) is 5.35. The van der Waals surface area contributed by atoms with Crippen LogP contribution in [0, 0.1) is 6.92 Å². The summed E-state index contributed by atoms with van der Waals surface area (Å²) in [5.74, 6) is -0.337. The van der Waals surface area contributed by atoms with Crippen LogP contribution in [0.5, 0.6) is 0 Å². The molecule has 1 aromatic carbocycles. The van der Waals surface area contributed by atoms with Crippen molar-refractivity contribution in [1.29, 1.82) is 0 Å². The summed E-state index contributed by atoms with van der Waals surface area (Å²) in [6, 6.07) is 7.73. The van der Waals surface area contributed by atoms with E-state index in [1.165, 1.54) is 6.20 Å². The Hall–Kier alpha value is -1.62. The molecule has 0 fully saturated rings. The fraction of sp³-hybridized carbons (Fsp3) is 0.231. The number of halogens is 1. The van der Waals surface area contributed by atoms with Crippen LogP contribution in [0.4, 0.5) is 0 Å². The number of hydrogen-bond donors (Lipinski definition) is 0. The van der Waals surface area contributed by atoms with Crippen molar-refractivity contribution in [3.8, 4) is 5.69 Å². The Bertz CT molecular complexity index is 578. The number of aromatic nitrogens is 2. The number of hydrogen-bond acceptors (Lipinski definition) is 3. The molecule has 1 heterocycles. The molecule has 0 amide bonds. The molecule has 0 radical (unpaired) electrons. The second-order valence-corrected chi connectivity index (χ2v) is 4.67. The van der Waals surface area contributed by atoms with Crippen molar-refractivity contribution in [2.45, 2.75) is 13.8 Å². The summed E-state index contributed by atoms with van der Waals surface area (Å²) in [6.45, 7) is 3.99. The van der Waals surface area contributed by atoms with Crippen LogP contribution in [0.15, 0.2) is 34.9 Å². The van der Waals surface area contributed by atoms with E-state index in [1.807, 2.05) is 31.2 Å². The van der Waals surface area contributed by atoms with E-state index in [4.69, 9.17) is 4.74 Å². The number of nitrogens with zero attached hydrogens (tertiary/aromatic N) is 2. The van der Waals surface area contributed by atoms with Gasteiger partial charge >= 0.3 is 5.97 Å². The van der Waals surface area contributed by atoms with Crippen LogP contribution in [-0.2, 0) is 4.74 Å². The molecular weight excluding hydrogens is 296 g/mol. The van der Waals surface area contributed by atoms with Crippen LogP contribution >= 0.6 is 15.9 Å². The van der Waals surface area contributed by atoms with Gasteiger partial charge in [-0.25, -0.2) is 9.48 Å². The van der Waals surface area contributed by atoms with Gasteiger partial charge in [0.15, 0.2) is 0 Å². The molecule has 94 valence electrons. The Morgan fingerprint density at radius 2 is 2.28 bits per heavy atom. The number of ether oxygens (including phenoxy) is 1. The van der Waals surface area contributed by atoms with Crippen molar-refractivity contribution in [2.75, 3.05) is 6.61 Å². The Balaban J connectivity index is 2.39. The van der Waals surface area contributed by atoms with Crippen molar-refractivity contribution in [3.63, 3.8) is 0 Å². The van der Waals surface area contributed by atoms with Gasteiger partial charge in [0.1, 0.15) is 5.56 Å². The number of esters is 1. The summed E-state index contributed by atoms with van der Waals surface area (Å²) in [5, 5.41) is 4.23. The molecule has 0 saturated carbocycles. The number of carbonyl (C=O) groups is 1. The van der Waals surface area contributed by atoms with E-state index in [0.29, 0.717) is 12.2 Å². The Labute approximate surface area is 114 Å². The first-order chi connectivity index (χ1) is 8.63. The minimum Gasteiger partial charge on any atom is -0.462 e. The molecular formula is C13H13BrN2O2. The molecule has 0 aliphatic carbocycles. The van der Waals surface area contributed by atoms with Gasteiger partial charge in [0.25, 0.3) is 0 Å². The van der Waals surface area contributed by atoms with Crippen LogP contribution < -0.4 is 0 Å². The van der Waals surface area contributed by atoms with E-state index >= 15 is 0 Å². The van der Waals surface area contributed by atoms with Crippen molar-refractivity contribution >= 4 is 21.9 Å². The van der Waals surface area contributed by atoms with E-state index in [0.717, 1.165) is 15.9 Å². The van der Waals surface area contributed by atoms with Crippen LogP contribution in [0.3, 0.4) is 0 Å². The lowest BCUT2D eigenvalue weighted by Gasteiger charge is -2.05. The summed E-state index contributed by atoms with van der Waals surface area (Å²) in [6.07, 6.45) is 1.54. The van der Waals surface area contributed by atoms with Crippen molar-refractivity contribution in [1.82, 2.24) is 9.78 Å². The highest BCUT2D eigenvalue weighted by atomic mass is 79.9. The van der Waals surface area contributed by atoms with Gasteiger partial charge in [-0.2, -0.15) is 5.10 Å². The van der Waals surface area contributed by atoms with Gasteiger partial charge in [0, 0.05) is 4.47 Å². The molecule has 2 aromatic rings. The summed E-state index contributed by atoms with van der Waals surface area (Å²) in [5.41, 5.74) is 2.17. The largest absolute Gasteiger partial charge is 0.462 e. The van der Waals surface area contributed by atoms with E-state index in [2.05, 4.69) is 21.0 Å². The normalized spacial score (nSPS) is 10.4. The first-order valence-electron chi connectivity index (χ1n) is 5.61. The monoisotopic (exact) mass is 308 g/mol. The Morgan fingerprint density at radius 3 is 2.94 bits per heavy atom. The highest BCUT2D eigenvalue weighted by molar-refractivity contribution is 9.10. The number of benzene rings is 1. The maximum absolute atomic E-state index is 11.7. The lowest BCUT2D eigenvalue weighted by atomic mass is 10.2.